The van der Waals surface area contributed by atoms with Crippen LogP contribution in [0.4, 0.5) is 5.69 Å². The molecule has 0 aliphatic heterocycles. The van der Waals surface area contributed by atoms with Gasteiger partial charge in [0, 0.05) is 17.8 Å². The summed E-state index contributed by atoms with van der Waals surface area (Å²) in [5.41, 5.74) is 1.63. The number of carbonyl (C=O) groups is 1. The number of hydrogen-bond acceptors (Lipinski definition) is 5. The SMILES string of the molecule is O=C(NC(c1ccccn1)C1CC1)c1ccccc1NS(=O)(=O)c1cccc2cccnc12. The monoisotopic (exact) mass is 458 g/mol. The molecule has 8 heteroatoms. The molecule has 2 aromatic carbocycles. The van der Waals surface area contributed by atoms with Crippen LogP contribution in [0.3, 0.4) is 0 Å². The van der Waals surface area contributed by atoms with Crippen molar-refractivity contribution in [2.24, 2.45) is 5.92 Å². The Balaban J connectivity index is 1.45. The maximum atomic E-state index is 13.3. The Morgan fingerprint density at radius 2 is 1.64 bits per heavy atom. The lowest BCUT2D eigenvalue weighted by atomic mass is 10.1. The quantitative estimate of drug-likeness (QED) is 0.430. The second-order valence-electron chi connectivity index (χ2n) is 8.03. The second-order valence-corrected chi connectivity index (χ2v) is 9.68. The normalized spacial score (nSPS) is 14.5. The van der Waals surface area contributed by atoms with Gasteiger partial charge in [0.2, 0.25) is 0 Å². The molecule has 7 nitrogen and oxygen atoms in total. The molecule has 0 radical (unpaired) electrons. The number of pyridine rings is 2. The van der Waals surface area contributed by atoms with Gasteiger partial charge in [-0.2, -0.15) is 0 Å². The summed E-state index contributed by atoms with van der Waals surface area (Å²) in [5.74, 6) is -0.0265. The average Bonchev–Trinajstić information content (AvgIpc) is 3.68. The summed E-state index contributed by atoms with van der Waals surface area (Å²) in [7, 11) is -3.99. The van der Waals surface area contributed by atoms with Gasteiger partial charge in [-0.1, -0.05) is 36.4 Å². The molecule has 0 spiro atoms. The zero-order valence-corrected chi connectivity index (χ0v) is 18.5. The number of para-hydroxylation sites is 2. The minimum absolute atomic E-state index is 0.0557. The Hall–Kier alpha value is -3.78. The Morgan fingerprint density at radius 1 is 0.879 bits per heavy atom. The number of nitrogens with zero attached hydrogens (tertiary/aromatic N) is 2. The number of nitrogens with one attached hydrogen (secondary N) is 2. The molecule has 1 aliphatic rings. The van der Waals surface area contributed by atoms with Crippen molar-refractivity contribution in [3.05, 3.63) is 96.4 Å². The summed E-state index contributed by atoms with van der Waals surface area (Å²) >= 11 is 0. The molecule has 1 amide bonds. The van der Waals surface area contributed by atoms with Crippen LogP contribution in [-0.4, -0.2) is 24.3 Å². The van der Waals surface area contributed by atoms with Crippen molar-refractivity contribution in [2.45, 2.75) is 23.8 Å². The first-order chi connectivity index (χ1) is 16.0. The maximum absolute atomic E-state index is 13.3. The highest BCUT2D eigenvalue weighted by molar-refractivity contribution is 7.93. The first kappa shape index (κ1) is 21.1. The Kier molecular flexibility index (Phi) is 5.51. The van der Waals surface area contributed by atoms with Crippen LogP contribution in [0.2, 0.25) is 0 Å². The molecule has 2 aromatic heterocycles. The molecule has 0 bridgehead atoms. The van der Waals surface area contributed by atoms with E-state index in [4.69, 9.17) is 0 Å². The van der Waals surface area contributed by atoms with E-state index in [-0.39, 0.29) is 28.1 Å². The molecule has 1 saturated carbocycles. The van der Waals surface area contributed by atoms with Crippen LogP contribution >= 0.6 is 0 Å². The lowest BCUT2D eigenvalue weighted by Crippen LogP contribution is -2.31. The van der Waals surface area contributed by atoms with Crippen LogP contribution in [0.25, 0.3) is 10.9 Å². The molecule has 33 heavy (non-hydrogen) atoms. The number of benzene rings is 2. The average molecular weight is 459 g/mol. The van der Waals surface area contributed by atoms with E-state index in [1.807, 2.05) is 18.2 Å². The zero-order valence-electron chi connectivity index (χ0n) is 17.7. The standard InChI is InChI=1S/C25H22N4O3S/c30-25(28-23(18-13-14-18)21-11-3-4-15-26-21)19-9-1-2-10-20(19)29-33(31,32)22-12-5-7-17-8-6-16-27-24(17)22/h1-12,15-16,18,23,29H,13-14H2,(H,28,30). The van der Waals surface area contributed by atoms with Gasteiger partial charge in [-0.25, -0.2) is 8.42 Å². The molecule has 1 atom stereocenters. The molecule has 1 unspecified atom stereocenters. The first-order valence-electron chi connectivity index (χ1n) is 10.7. The number of rotatable bonds is 7. The van der Waals surface area contributed by atoms with E-state index in [1.54, 1.807) is 60.9 Å². The summed E-state index contributed by atoms with van der Waals surface area (Å²) < 4.78 is 29.1. The Labute approximate surface area is 192 Å². The molecule has 1 fully saturated rings. The van der Waals surface area contributed by atoms with E-state index in [0.717, 1.165) is 18.5 Å². The molecule has 4 aromatic rings. The molecule has 2 N–H and O–H groups in total. The number of amides is 1. The van der Waals surface area contributed by atoms with Crippen LogP contribution in [0, 0.1) is 5.92 Å². The van der Waals surface area contributed by atoms with Crippen molar-refractivity contribution in [3.63, 3.8) is 0 Å². The second kappa shape index (κ2) is 8.63. The van der Waals surface area contributed by atoms with Crippen LogP contribution in [0.5, 0.6) is 0 Å². The van der Waals surface area contributed by atoms with E-state index in [2.05, 4.69) is 20.0 Å². The highest BCUT2D eigenvalue weighted by atomic mass is 32.2. The van der Waals surface area contributed by atoms with Gasteiger partial charge in [-0.15, -0.1) is 0 Å². The fourth-order valence-corrected chi connectivity index (χ4v) is 5.16. The minimum atomic E-state index is -3.99. The summed E-state index contributed by atoms with van der Waals surface area (Å²) in [6, 6.07) is 20.5. The molecule has 0 saturated heterocycles. The lowest BCUT2D eigenvalue weighted by Gasteiger charge is -2.19. The third-order valence-electron chi connectivity index (χ3n) is 5.69. The third kappa shape index (κ3) is 4.42. The largest absolute Gasteiger partial charge is 0.343 e. The van der Waals surface area contributed by atoms with Gasteiger partial charge in [-0.05, 0) is 55.2 Å². The molecular formula is C25H22N4O3S. The fraction of sp³-hybridized carbons (Fsp3) is 0.160. The first-order valence-corrected chi connectivity index (χ1v) is 12.2. The summed E-state index contributed by atoms with van der Waals surface area (Å²) in [6.45, 7) is 0. The predicted molar refractivity (Wildman–Crippen MR) is 126 cm³/mol. The van der Waals surface area contributed by atoms with Crippen LogP contribution in [-0.2, 0) is 10.0 Å². The highest BCUT2D eigenvalue weighted by Gasteiger charge is 2.35. The van der Waals surface area contributed by atoms with Gasteiger partial charge in [-0.3, -0.25) is 19.5 Å². The van der Waals surface area contributed by atoms with E-state index in [0.29, 0.717) is 16.8 Å². The fourth-order valence-electron chi connectivity index (χ4n) is 3.90. The zero-order chi connectivity index (χ0) is 22.8. The summed E-state index contributed by atoms with van der Waals surface area (Å²) in [6.07, 6.45) is 5.29. The number of sulfonamides is 1. The topological polar surface area (TPSA) is 101 Å². The Morgan fingerprint density at radius 3 is 2.42 bits per heavy atom. The van der Waals surface area contributed by atoms with Crippen molar-refractivity contribution < 1.29 is 13.2 Å². The Bertz CT molecular complexity index is 1410. The molecule has 5 rings (SSSR count). The van der Waals surface area contributed by atoms with E-state index in [1.165, 1.54) is 6.07 Å². The van der Waals surface area contributed by atoms with Gasteiger partial charge in [0.1, 0.15) is 4.90 Å². The van der Waals surface area contributed by atoms with Crippen molar-refractivity contribution in [2.75, 3.05) is 4.72 Å². The van der Waals surface area contributed by atoms with Crippen molar-refractivity contribution >= 4 is 32.5 Å². The number of fused-ring (bicyclic) bond motifs is 1. The van der Waals surface area contributed by atoms with Crippen molar-refractivity contribution in [3.8, 4) is 0 Å². The number of aromatic nitrogens is 2. The van der Waals surface area contributed by atoms with Gasteiger partial charge in [0.25, 0.3) is 15.9 Å². The molecule has 166 valence electrons. The van der Waals surface area contributed by atoms with Gasteiger partial charge in [0.05, 0.1) is 28.5 Å². The van der Waals surface area contributed by atoms with Crippen LogP contribution in [0.15, 0.2) is 90.1 Å². The van der Waals surface area contributed by atoms with Gasteiger partial charge < -0.3 is 5.32 Å². The summed E-state index contributed by atoms with van der Waals surface area (Å²) in [4.78, 5) is 21.9. The van der Waals surface area contributed by atoms with Gasteiger partial charge >= 0.3 is 0 Å². The summed E-state index contributed by atoms with van der Waals surface area (Å²) in [5, 5.41) is 3.78. The number of anilines is 1. The van der Waals surface area contributed by atoms with Crippen LogP contribution in [0.1, 0.15) is 34.9 Å². The molecule has 2 heterocycles. The molecule has 1 aliphatic carbocycles. The van der Waals surface area contributed by atoms with E-state index < -0.39 is 10.0 Å². The van der Waals surface area contributed by atoms with Gasteiger partial charge in [0.15, 0.2) is 0 Å². The van der Waals surface area contributed by atoms with Crippen LogP contribution < -0.4 is 10.0 Å². The lowest BCUT2D eigenvalue weighted by molar-refractivity contribution is 0.0931. The number of hydrogen-bond donors (Lipinski definition) is 2. The number of carbonyl (C=O) groups excluding carboxylic acids is 1. The molecular weight excluding hydrogens is 436 g/mol. The maximum Gasteiger partial charge on any atom is 0.264 e. The third-order valence-corrected chi connectivity index (χ3v) is 7.08. The smallest absolute Gasteiger partial charge is 0.264 e. The predicted octanol–water partition coefficient (Wildman–Crippen LogP) is 4.31. The minimum Gasteiger partial charge on any atom is -0.343 e. The highest BCUT2D eigenvalue weighted by Crippen LogP contribution is 2.40. The van der Waals surface area contributed by atoms with E-state index >= 15 is 0 Å². The van der Waals surface area contributed by atoms with Crippen molar-refractivity contribution in [1.29, 1.82) is 0 Å². The van der Waals surface area contributed by atoms with Crippen molar-refractivity contribution in [1.82, 2.24) is 15.3 Å². The van der Waals surface area contributed by atoms with E-state index in [9.17, 15) is 13.2 Å².